The second kappa shape index (κ2) is 6.83. The van der Waals surface area contributed by atoms with E-state index in [9.17, 15) is 19.8 Å². The molecule has 0 aromatic heterocycles. The molecule has 0 saturated carbocycles. The van der Waals surface area contributed by atoms with Gasteiger partial charge in [0.2, 0.25) is 0 Å². The van der Waals surface area contributed by atoms with Gasteiger partial charge in [-0.15, -0.1) is 0 Å². The van der Waals surface area contributed by atoms with Gasteiger partial charge in [-0.3, -0.25) is 4.79 Å². The first-order valence-corrected chi connectivity index (χ1v) is 6.93. The van der Waals surface area contributed by atoms with E-state index in [0.29, 0.717) is 11.3 Å². The summed E-state index contributed by atoms with van der Waals surface area (Å²) in [4.78, 5) is 23.6. The topological polar surface area (TPSA) is 95.9 Å². The third-order valence-corrected chi connectivity index (χ3v) is 3.24. The Hall–Kier alpha value is -3.02. The first-order valence-electron chi connectivity index (χ1n) is 6.93. The molecule has 1 amide bonds. The summed E-state index contributed by atoms with van der Waals surface area (Å²) in [6.07, 6.45) is 0. The van der Waals surface area contributed by atoms with Crippen LogP contribution in [0.4, 0.5) is 5.69 Å². The SMILES string of the molecule is Cc1ccc(NC(=O)COC(=O)c2ccc(C)c(O)c2O)cc1. The van der Waals surface area contributed by atoms with Crippen LogP contribution in [-0.2, 0) is 9.53 Å². The molecule has 0 unspecified atom stereocenters. The number of benzene rings is 2. The Labute approximate surface area is 133 Å². The lowest BCUT2D eigenvalue weighted by molar-refractivity contribution is -0.119. The maximum Gasteiger partial charge on any atom is 0.342 e. The van der Waals surface area contributed by atoms with Gasteiger partial charge in [-0.05, 0) is 37.6 Å². The van der Waals surface area contributed by atoms with Crippen molar-refractivity contribution in [2.75, 3.05) is 11.9 Å². The Bertz CT molecular complexity index is 737. The highest BCUT2D eigenvalue weighted by molar-refractivity contribution is 5.97. The fourth-order valence-electron chi connectivity index (χ4n) is 1.89. The molecule has 0 aliphatic rings. The number of nitrogens with one attached hydrogen (secondary N) is 1. The van der Waals surface area contributed by atoms with Crippen LogP contribution in [0.3, 0.4) is 0 Å². The van der Waals surface area contributed by atoms with Crippen molar-refractivity contribution in [2.45, 2.75) is 13.8 Å². The lowest BCUT2D eigenvalue weighted by Gasteiger charge is -2.09. The van der Waals surface area contributed by atoms with Crippen molar-refractivity contribution in [1.29, 1.82) is 0 Å². The number of phenols is 2. The Kier molecular flexibility index (Phi) is 4.85. The van der Waals surface area contributed by atoms with E-state index in [0.717, 1.165) is 5.56 Å². The number of carbonyl (C=O) groups excluding carboxylic acids is 2. The smallest absolute Gasteiger partial charge is 0.342 e. The molecular formula is C17H17NO5. The van der Waals surface area contributed by atoms with Gasteiger partial charge in [0.15, 0.2) is 18.1 Å². The van der Waals surface area contributed by atoms with Crippen LogP contribution in [0.15, 0.2) is 36.4 Å². The number of hydrogen-bond donors (Lipinski definition) is 3. The zero-order valence-corrected chi connectivity index (χ0v) is 12.8. The maximum atomic E-state index is 11.9. The number of aromatic hydroxyl groups is 2. The Morgan fingerprint density at radius 1 is 1.00 bits per heavy atom. The molecule has 2 aromatic carbocycles. The van der Waals surface area contributed by atoms with Crippen LogP contribution in [0.1, 0.15) is 21.5 Å². The van der Waals surface area contributed by atoms with E-state index < -0.39 is 24.2 Å². The highest BCUT2D eigenvalue weighted by Gasteiger charge is 2.18. The second-order valence-electron chi connectivity index (χ2n) is 5.12. The third-order valence-electron chi connectivity index (χ3n) is 3.24. The molecule has 0 aliphatic heterocycles. The van der Waals surface area contributed by atoms with Crippen LogP contribution < -0.4 is 5.32 Å². The van der Waals surface area contributed by atoms with Gasteiger partial charge in [-0.25, -0.2) is 4.79 Å². The van der Waals surface area contributed by atoms with E-state index >= 15 is 0 Å². The first kappa shape index (κ1) is 16.4. The molecule has 2 rings (SSSR count). The summed E-state index contributed by atoms with van der Waals surface area (Å²) in [5.41, 5.74) is 1.88. The quantitative estimate of drug-likeness (QED) is 0.595. The number of esters is 1. The van der Waals surface area contributed by atoms with Gasteiger partial charge in [-0.2, -0.15) is 0 Å². The third kappa shape index (κ3) is 4.00. The highest BCUT2D eigenvalue weighted by Crippen LogP contribution is 2.32. The summed E-state index contributed by atoms with van der Waals surface area (Å²) < 4.78 is 4.84. The fraction of sp³-hybridized carbons (Fsp3) is 0.176. The van der Waals surface area contributed by atoms with Gasteiger partial charge in [0, 0.05) is 5.69 Å². The van der Waals surface area contributed by atoms with Crippen LogP contribution in [0.5, 0.6) is 11.5 Å². The molecule has 3 N–H and O–H groups in total. The molecule has 0 heterocycles. The number of phenolic OH excluding ortho intramolecular Hbond substituents is 2. The van der Waals surface area contributed by atoms with Gasteiger partial charge in [0.05, 0.1) is 0 Å². The molecule has 6 nitrogen and oxygen atoms in total. The number of carbonyl (C=O) groups is 2. The zero-order valence-electron chi connectivity index (χ0n) is 12.8. The lowest BCUT2D eigenvalue weighted by atomic mass is 10.1. The largest absolute Gasteiger partial charge is 0.504 e. The standard InChI is InChI=1S/C17H17NO5/c1-10-3-6-12(7-4-10)18-14(19)9-23-17(22)13-8-5-11(2)15(20)16(13)21/h3-8,20-21H,9H2,1-2H3,(H,18,19). The van der Waals surface area contributed by atoms with Crippen LogP contribution >= 0.6 is 0 Å². The minimum Gasteiger partial charge on any atom is -0.504 e. The highest BCUT2D eigenvalue weighted by atomic mass is 16.5. The summed E-state index contributed by atoms with van der Waals surface area (Å²) in [6, 6.07) is 9.95. The number of amides is 1. The van der Waals surface area contributed by atoms with E-state index in [1.165, 1.54) is 12.1 Å². The van der Waals surface area contributed by atoms with E-state index in [-0.39, 0.29) is 11.3 Å². The van der Waals surface area contributed by atoms with Gasteiger partial charge in [0.1, 0.15) is 5.56 Å². The normalized spacial score (nSPS) is 10.2. The molecule has 23 heavy (non-hydrogen) atoms. The van der Waals surface area contributed by atoms with Gasteiger partial charge in [-0.1, -0.05) is 23.8 Å². The number of aryl methyl sites for hydroxylation is 2. The Balaban J connectivity index is 1.95. The summed E-state index contributed by atoms with van der Waals surface area (Å²) in [6.45, 7) is 3.01. The Morgan fingerprint density at radius 2 is 1.65 bits per heavy atom. The van der Waals surface area contributed by atoms with E-state index in [4.69, 9.17) is 4.74 Å². The Morgan fingerprint density at radius 3 is 2.30 bits per heavy atom. The first-order chi connectivity index (χ1) is 10.9. The monoisotopic (exact) mass is 315 g/mol. The molecule has 0 saturated heterocycles. The van der Waals surface area contributed by atoms with Crippen molar-refractivity contribution < 1.29 is 24.5 Å². The summed E-state index contributed by atoms with van der Waals surface area (Å²) in [5, 5.41) is 21.9. The predicted octanol–water partition coefficient (Wildman–Crippen LogP) is 2.51. The maximum absolute atomic E-state index is 11.9. The predicted molar refractivity (Wildman–Crippen MR) is 84.6 cm³/mol. The molecule has 0 bridgehead atoms. The zero-order chi connectivity index (χ0) is 17.0. The van der Waals surface area contributed by atoms with Crippen LogP contribution in [-0.4, -0.2) is 28.7 Å². The van der Waals surface area contributed by atoms with Crippen LogP contribution in [0, 0.1) is 13.8 Å². The molecule has 0 radical (unpaired) electrons. The molecule has 0 spiro atoms. The van der Waals surface area contributed by atoms with Gasteiger partial charge in [0.25, 0.3) is 5.91 Å². The minimum absolute atomic E-state index is 0.198. The van der Waals surface area contributed by atoms with Crippen molar-refractivity contribution in [2.24, 2.45) is 0 Å². The molecule has 0 fully saturated rings. The van der Waals surface area contributed by atoms with Crippen molar-refractivity contribution in [3.8, 4) is 11.5 Å². The number of hydrogen-bond acceptors (Lipinski definition) is 5. The molecular weight excluding hydrogens is 298 g/mol. The lowest BCUT2D eigenvalue weighted by Crippen LogP contribution is -2.21. The second-order valence-corrected chi connectivity index (χ2v) is 5.12. The van der Waals surface area contributed by atoms with E-state index in [1.807, 2.05) is 19.1 Å². The minimum atomic E-state index is -0.892. The molecule has 6 heteroatoms. The number of anilines is 1. The van der Waals surface area contributed by atoms with E-state index in [2.05, 4.69) is 5.32 Å². The van der Waals surface area contributed by atoms with Crippen molar-refractivity contribution in [1.82, 2.24) is 0 Å². The molecule has 120 valence electrons. The van der Waals surface area contributed by atoms with Gasteiger partial charge >= 0.3 is 5.97 Å². The van der Waals surface area contributed by atoms with Crippen LogP contribution in [0.25, 0.3) is 0 Å². The average Bonchev–Trinajstić information content (AvgIpc) is 2.53. The van der Waals surface area contributed by atoms with Crippen molar-refractivity contribution in [3.05, 3.63) is 53.1 Å². The van der Waals surface area contributed by atoms with Crippen molar-refractivity contribution >= 4 is 17.6 Å². The van der Waals surface area contributed by atoms with Crippen LogP contribution in [0.2, 0.25) is 0 Å². The fourth-order valence-corrected chi connectivity index (χ4v) is 1.89. The van der Waals surface area contributed by atoms with Crippen molar-refractivity contribution in [3.63, 3.8) is 0 Å². The molecule has 0 atom stereocenters. The number of ether oxygens (including phenoxy) is 1. The summed E-state index contributed by atoms with van der Waals surface area (Å²) in [7, 11) is 0. The molecule has 2 aromatic rings. The molecule has 0 aliphatic carbocycles. The summed E-state index contributed by atoms with van der Waals surface area (Å²) >= 11 is 0. The average molecular weight is 315 g/mol. The van der Waals surface area contributed by atoms with Gasteiger partial charge < -0.3 is 20.3 Å². The number of rotatable bonds is 4. The van der Waals surface area contributed by atoms with E-state index in [1.54, 1.807) is 19.1 Å². The summed E-state index contributed by atoms with van der Waals surface area (Å²) in [5.74, 6) is -2.34.